The lowest BCUT2D eigenvalue weighted by Crippen LogP contribution is -2.30. The molecule has 0 saturated carbocycles. The molecule has 0 aromatic heterocycles. The van der Waals surface area contributed by atoms with Crippen molar-refractivity contribution in [2.45, 2.75) is 26.8 Å². The van der Waals surface area contributed by atoms with E-state index in [0.717, 1.165) is 6.54 Å². The zero-order valence-electron chi connectivity index (χ0n) is 9.96. The number of hydrogen-bond donors (Lipinski definition) is 2. The molecule has 0 aliphatic carbocycles. The first-order chi connectivity index (χ1) is 7.13. The van der Waals surface area contributed by atoms with Crippen LogP contribution < -0.4 is 11.1 Å². The van der Waals surface area contributed by atoms with Gasteiger partial charge in [0.15, 0.2) is 0 Å². The second-order valence-corrected chi connectivity index (χ2v) is 4.50. The summed E-state index contributed by atoms with van der Waals surface area (Å²) in [4.78, 5) is 0. The van der Waals surface area contributed by atoms with E-state index in [1.807, 2.05) is 0 Å². The summed E-state index contributed by atoms with van der Waals surface area (Å²) in [5.74, 6) is 0.657. The van der Waals surface area contributed by atoms with Crippen LogP contribution in [-0.2, 0) is 0 Å². The van der Waals surface area contributed by atoms with E-state index < -0.39 is 0 Å². The van der Waals surface area contributed by atoms with Crippen molar-refractivity contribution >= 4 is 0 Å². The van der Waals surface area contributed by atoms with E-state index in [2.05, 4.69) is 50.4 Å². The molecule has 1 unspecified atom stereocenters. The quantitative estimate of drug-likeness (QED) is 0.775. The summed E-state index contributed by atoms with van der Waals surface area (Å²) in [6.07, 6.45) is 0. The Kier molecular flexibility index (Phi) is 4.79. The van der Waals surface area contributed by atoms with Gasteiger partial charge in [-0.1, -0.05) is 43.7 Å². The van der Waals surface area contributed by atoms with Gasteiger partial charge in [-0.2, -0.15) is 0 Å². The fraction of sp³-hybridized carbons (Fsp3) is 0.538. The number of nitrogens with two attached hydrogens (primary N) is 1. The normalized spacial score (nSPS) is 13.1. The van der Waals surface area contributed by atoms with Crippen LogP contribution in [0.2, 0.25) is 0 Å². The third kappa shape index (κ3) is 4.02. The lowest BCUT2D eigenvalue weighted by molar-refractivity contribution is 0.479. The van der Waals surface area contributed by atoms with Crippen molar-refractivity contribution < 1.29 is 0 Å². The summed E-state index contributed by atoms with van der Waals surface area (Å²) in [5, 5.41) is 3.48. The standard InChI is InChI=1S/C13H22N2/c1-10(2)9-15-13(8-14)12-6-4-11(3)5-7-12/h4-7,10,13,15H,8-9,14H2,1-3H3. The lowest BCUT2D eigenvalue weighted by Gasteiger charge is -2.18. The molecule has 0 radical (unpaired) electrons. The molecule has 3 N–H and O–H groups in total. The summed E-state index contributed by atoms with van der Waals surface area (Å²) in [7, 11) is 0. The largest absolute Gasteiger partial charge is 0.329 e. The lowest BCUT2D eigenvalue weighted by atomic mass is 10.0. The summed E-state index contributed by atoms with van der Waals surface area (Å²) in [6.45, 7) is 8.17. The fourth-order valence-electron chi connectivity index (χ4n) is 1.51. The molecule has 0 fully saturated rings. The molecule has 84 valence electrons. The van der Waals surface area contributed by atoms with Gasteiger partial charge in [0.05, 0.1) is 0 Å². The van der Waals surface area contributed by atoms with Gasteiger partial charge in [-0.15, -0.1) is 0 Å². The molecule has 1 aromatic carbocycles. The minimum absolute atomic E-state index is 0.285. The average Bonchev–Trinajstić information content (AvgIpc) is 2.21. The predicted octanol–water partition coefficient (Wildman–Crippen LogP) is 2.24. The Bertz CT molecular complexity index is 277. The molecular weight excluding hydrogens is 184 g/mol. The van der Waals surface area contributed by atoms with Crippen molar-refractivity contribution in [1.29, 1.82) is 0 Å². The minimum Gasteiger partial charge on any atom is -0.329 e. The van der Waals surface area contributed by atoms with E-state index in [9.17, 15) is 0 Å². The Morgan fingerprint density at radius 2 is 1.80 bits per heavy atom. The molecule has 2 nitrogen and oxygen atoms in total. The van der Waals surface area contributed by atoms with Crippen molar-refractivity contribution in [2.75, 3.05) is 13.1 Å². The minimum atomic E-state index is 0.285. The molecule has 0 amide bonds. The van der Waals surface area contributed by atoms with Crippen molar-refractivity contribution in [3.8, 4) is 0 Å². The van der Waals surface area contributed by atoms with Gasteiger partial charge in [0.1, 0.15) is 0 Å². The summed E-state index contributed by atoms with van der Waals surface area (Å²) < 4.78 is 0. The van der Waals surface area contributed by atoms with Crippen LogP contribution in [-0.4, -0.2) is 13.1 Å². The van der Waals surface area contributed by atoms with E-state index in [1.54, 1.807) is 0 Å². The number of rotatable bonds is 5. The van der Waals surface area contributed by atoms with Gasteiger partial charge in [0.2, 0.25) is 0 Å². The Labute approximate surface area is 92.9 Å². The number of nitrogens with one attached hydrogen (secondary N) is 1. The highest BCUT2D eigenvalue weighted by Crippen LogP contribution is 2.12. The zero-order chi connectivity index (χ0) is 11.3. The molecule has 2 heteroatoms. The highest BCUT2D eigenvalue weighted by molar-refractivity contribution is 5.24. The number of benzene rings is 1. The predicted molar refractivity (Wildman–Crippen MR) is 65.8 cm³/mol. The molecule has 0 bridgehead atoms. The molecule has 0 aliphatic rings. The van der Waals surface area contributed by atoms with Crippen LogP contribution in [0.15, 0.2) is 24.3 Å². The summed E-state index contributed by atoms with van der Waals surface area (Å²) in [5.41, 5.74) is 8.34. The first-order valence-electron chi connectivity index (χ1n) is 5.63. The molecule has 0 spiro atoms. The first-order valence-corrected chi connectivity index (χ1v) is 5.63. The van der Waals surface area contributed by atoms with E-state index in [1.165, 1.54) is 11.1 Å². The molecule has 1 atom stereocenters. The van der Waals surface area contributed by atoms with Gasteiger partial charge in [0.25, 0.3) is 0 Å². The Hall–Kier alpha value is -0.860. The molecular formula is C13H22N2. The molecule has 1 rings (SSSR count). The van der Waals surface area contributed by atoms with Crippen LogP contribution >= 0.6 is 0 Å². The molecule has 0 heterocycles. The van der Waals surface area contributed by atoms with Gasteiger partial charge >= 0.3 is 0 Å². The van der Waals surface area contributed by atoms with Crippen molar-refractivity contribution in [1.82, 2.24) is 5.32 Å². The topological polar surface area (TPSA) is 38.0 Å². The number of aryl methyl sites for hydroxylation is 1. The first kappa shape index (κ1) is 12.2. The summed E-state index contributed by atoms with van der Waals surface area (Å²) in [6, 6.07) is 8.86. The van der Waals surface area contributed by atoms with E-state index in [-0.39, 0.29) is 6.04 Å². The van der Waals surface area contributed by atoms with Gasteiger partial charge in [-0.3, -0.25) is 0 Å². The van der Waals surface area contributed by atoms with Gasteiger partial charge in [-0.05, 0) is 24.9 Å². The number of hydrogen-bond acceptors (Lipinski definition) is 2. The van der Waals surface area contributed by atoms with Crippen LogP contribution in [0.4, 0.5) is 0 Å². The van der Waals surface area contributed by atoms with Crippen LogP contribution in [0.1, 0.15) is 31.0 Å². The van der Waals surface area contributed by atoms with Gasteiger partial charge in [-0.25, -0.2) is 0 Å². The average molecular weight is 206 g/mol. The monoisotopic (exact) mass is 206 g/mol. The van der Waals surface area contributed by atoms with Crippen LogP contribution in [0, 0.1) is 12.8 Å². The third-order valence-corrected chi connectivity index (χ3v) is 2.49. The van der Waals surface area contributed by atoms with Crippen LogP contribution in [0.3, 0.4) is 0 Å². The van der Waals surface area contributed by atoms with Gasteiger partial charge < -0.3 is 11.1 Å². The van der Waals surface area contributed by atoms with Gasteiger partial charge in [0, 0.05) is 12.6 Å². The third-order valence-electron chi connectivity index (χ3n) is 2.49. The smallest absolute Gasteiger partial charge is 0.0444 e. The van der Waals surface area contributed by atoms with Crippen LogP contribution in [0.5, 0.6) is 0 Å². The highest BCUT2D eigenvalue weighted by atomic mass is 14.9. The Morgan fingerprint density at radius 1 is 1.20 bits per heavy atom. The second kappa shape index (κ2) is 5.89. The van der Waals surface area contributed by atoms with E-state index in [0.29, 0.717) is 12.5 Å². The zero-order valence-corrected chi connectivity index (χ0v) is 9.96. The maximum Gasteiger partial charge on any atom is 0.0444 e. The van der Waals surface area contributed by atoms with Crippen LogP contribution in [0.25, 0.3) is 0 Å². The molecule has 0 aliphatic heterocycles. The van der Waals surface area contributed by atoms with E-state index in [4.69, 9.17) is 5.73 Å². The maximum atomic E-state index is 5.77. The van der Waals surface area contributed by atoms with E-state index >= 15 is 0 Å². The van der Waals surface area contributed by atoms with Crippen molar-refractivity contribution in [2.24, 2.45) is 11.7 Å². The maximum absolute atomic E-state index is 5.77. The molecule has 15 heavy (non-hydrogen) atoms. The fourth-order valence-corrected chi connectivity index (χ4v) is 1.51. The highest BCUT2D eigenvalue weighted by Gasteiger charge is 2.08. The molecule has 0 saturated heterocycles. The van der Waals surface area contributed by atoms with Crippen molar-refractivity contribution in [3.05, 3.63) is 35.4 Å². The SMILES string of the molecule is Cc1ccc(C(CN)NCC(C)C)cc1. The molecule has 1 aromatic rings. The Balaban J connectivity index is 2.61. The Morgan fingerprint density at radius 3 is 2.27 bits per heavy atom. The summed E-state index contributed by atoms with van der Waals surface area (Å²) >= 11 is 0. The van der Waals surface area contributed by atoms with Crippen molar-refractivity contribution in [3.63, 3.8) is 0 Å². The second-order valence-electron chi connectivity index (χ2n) is 4.50.